The van der Waals surface area contributed by atoms with E-state index in [1.165, 1.54) is 5.39 Å². The molecule has 10 heavy (non-hydrogen) atoms. The lowest BCUT2D eigenvalue weighted by Crippen LogP contribution is -1.75. The van der Waals surface area contributed by atoms with Gasteiger partial charge in [0.15, 0.2) is 0 Å². The first-order valence-corrected chi connectivity index (χ1v) is 3.66. The van der Waals surface area contributed by atoms with Crippen molar-refractivity contribution in [1.29, 1.82) is 0 Å². The van der Waals surface area contributed by atoms with Crippen LogP contribution in [0.3, 0.4) is 0 Å². The summed E-state index contributed by atoms with van der Waals surface area (Å²) in [6, 6.07) is 4.01. The number of pyridine rings is 1. The van der Waals surface area contributed by atoms with Gasteiger partial charge in [-0.1, -0.05) is 0 Å². The van der Waals surface area contributed by atoms with E-state index in [4.69, 9.17) is 0 Å². The standard InChI is InChI=1S/C7H5BrN2/c8-10-4-2-6-1-3-9-5-7(6)10/h1-5H. The van der Waals surface area contributed by atoms with Crippen molar-refractivity contribution in [1.82, 2.24) is 8.58 Å². The molecular weight excluding hydrogens is 192 g/mol. The van der Waals surface area contributed by atoms with Crippen molar-refractivity contribution in [2.75, 3.05) is 0 Å². The molecule has 0 aliphatic rings. The predicted molar refractivity (Wildman–Crippen MR) is 44.1 cm³/mol. The molecule has 0 N–H and O–H groups in total. The minimum absolute atomic E-state index is 1.10. The Kier molecular flexibility index (Phi) is 1.24. The smallest absolute Gasteiger partial charge is 0.0774 e. The molecule has 0 aliphatic carbocycles. The summed E-state index contributed by atoms with van der Waals surface area (Å²) in [4.78, 5) is 4.00. The maximum Gasteiger partial charge on any atom is 0.0774 e. The Morgan fingerprint density at radius 1 is 1.40 bits per heavy atom. The second kappa shape index (κ2) is 2.09. The highest BCUT2D eigenvalue weighted by Gasteiger charge is 1.94. The monoisotopic (exact) mass is 196 g/mol. The number of fused-ring (bicyclic) bond motifs is 1. The van der Waals surface area contributed by atoms with Crippen molar-refractivity contribution in [2.45, 2.75) is 0 Å². The van der Waals surface area contributed by atoms with Crippen molar-refractivity contribution in [3.63, 3.8) is 0 Å². The molecule has 2 aromatic rings. The van der Waals surface area contributed by atoms with Gasteiger partial charge in [-0.2, -0.15) is 0 Å². The number of aromatic nitrogens is 2. The molecule has 0 saturated heterocycles. The van der Waals surface area contributed by atoms with E-state index in [1.807, 2.05) is 28.1 Å². The van der Waals surface area contributed by atoms with E-state index in [0.717, 1.165) is 5.52 Å². The molecule has 2 heterocycles. The zero-order valence-electron chi connectivity index (χ0n) is 5.16. The first kappa shape index (κ1) is 5.92. The first-order chi connectivity index (χ1) is 4.88. The first-order valence-electron chi connectivity index (χ1n) is 2.95. The third kappa shape index (κ3) is 0.743. The fourth-order valence-electron chi connectivity index (χ4n) is 0.942. The Balaban J connectivity index is 2.93. The average Bonchev–Trinajstić information content (AvgIpc) is 2.34. The largest absolute Gasteiger partial charge is 0.282 e. The molecule has 3 heteroatoms. The maximum atomic E-state index is 4.00. The van der Waals surface area contributed by atoms with Crippen LogP contribution >= 0.6 is 16.1 Å². The lowest BCUT2D eigenvalue weighted by Gasteiger charge is -1.89. The van der Waals surface area contributed by atoms with Gasteiger partial charge in [0, 0.05) is 17.8 Å². The number of nitrogens with zero attached hydrogens (tertiary/aromatic N) is 2. The normalized spacial score (nSPS) is 10.5. The quantitative estimate of drug-likeness (QED) is 0.632. The van der Waals surface area contributed by atoms with Crippen molar-refractivity contribution in [2.24, 2.45) is 0 Å². The van der Waals surface area contributed by atoms with Gasteiger partial charge in [0.05, 0.1) is 27.9 Å². The molecule has 0 aromatic carbocycles. The third-order valence-corrected chi connectivity index (χ3v) is 2.07. The van der Waals surface area contributed by atoms with Crippen LogP contribution < -0.4 is 0 Å². The number of halogens is 1. The molecule has 0 fully saturated rings. The summed E-state index contributed by atoms with van der Waals surface area (Å²) in [5.74, 6) is 0. The Morgan fingerprint density at radius 2 is 2.30 bits per heavy atom. The van der Waals surface area contributed by atoms with Crippen LogP contribution in [0.15, 0.2) is 30.7 Å². The molecule has 0 bridgehead atoms. The average molecular weight is 197 g/mol. The predicted octanol–water partition coefficient (Wildman–Crippen LogP) is 2.19. The Labute approximate surface area is 66.8 Å². The molecular formula is C7H5BrN2. The van der Waals surface area contributed by atoms with E-state index in [0.29, 0.717) is 0 Å². The number of hydrogen-bond acceptors (Lipinski definition) is 1. The van der Waals surface area contributed by atoms with Crippen LogP contribution in [0.1, 0.15) is 0 Å². The van der Waals surface area contributed by atoms with Gasteiger partial charge in [0.1, 0.15) is 0 Å². The Morgan fingerprint density at radius 3 is 3.10 bits per heavy atom. The summed E-state index contributed by atoms with van der Waals surface area (Å²) in [7, 11) is 0. The van der Waals surface area contributed by atoms with E-state index in [2.05, 4.69) is 21.1 Å². The van der Waals surface area contributed by atoms with Gasteiger partial charge in [0.25, 0.3) is 0 Å². The molecule has 2 rings (SSSR count). The maximum absolute atomic E-state index is 4.00. The van der Waals surface area contributed by atoms with Gasteiger partial charge in [-0.05, 0) is 12.1 Å². The van der Waals surface area contributed by atoms with E-state index >= 15 is 0 Å². The summed E-state index contributed by atoms with van der Waals surface area (Å²) < 4.78 is 1.87. The summed E-state index contributed by atoms with van der Waals surface area (Å²) >= 11 is 3.34. The fraction of sp³-hybridized carbons (Fsp3) is 0. The highest BCUT2D eigenvalue weighted by atomic mass is 79.9. The second-order valence-corrected chi connectivity index (χ2v) is 2.83. The molecule has 0 aliphatic heterocycles. The minimum Gasteiger partial charge on any atom is -0.282 e. The lowest BCUT2D eigenvalue weighted by molar-refractivity contribution is 1.31. The van der Waals surface area contributed by atoms with E-state index in [9.17, 15) is 0 Å². The SMILES string of the molecule is Brn1ccc2ccncc21. The highest BCUT2D eigenvalue weighted by Crippen LogP contribution is 2.14. The zero-order chi connectivity index (χ0) is 6.97. The summed E-state index contributed by atoms with van der Waals surface area (Å²) in [5, 5.41) is 1.20. The molecule has 0 saturated carbocycles. The molecule has 0 amide bonds. The zero-order valence-corrected chi connectivity index (χ0v) is 6.75. The molecule has 0 radical (unpaired) electrons. The van der Waals surface area contributed by atoms with Crippen molar-refractivity contribution < 1.29 is 0 Å². The van der Waals surface area contributed by atoms with Gasteiger partial charge in [0.2, 0.25) is 0 Å². The topological polar surface area (TPSA) is 17.8 Å². The molecule has 0 atom stereocenters. The third-order valence-electron chi connectivity index (χ3n) is 1.45. The van der Waals surface area contributed by atoms with E-state index in [1.54, 1.807) is 6.20 Å². The van der Waals surface area contributed by atoms with Crippen LogP contribution in [0.4, 0.5) is 0 Å². The van der Waals surface area contributed by atoms with Gasteiger partial charge < -0.3 is 0 Å². The van der Waals surface area contributed by atoms with Crippen molar-refractivity contribution in [3.8, 4) is 0 Å². The molecule has 50 valence electrons. The summed E-state index contributed by atoms with van der Waals surface area (Å²) in [6.07, 6.45) is 5.56. The van der Waals surface area contributed by atoms with Gasteiger partial charge in [-0.15, -0.1) is 0 Å². The second-order valence-electron chi connectivity index (χ2n) is 2.06. The van der Waals surface area contributed by atoms with Crippen LogP contribution in [0.2, 0.25) is 0 Å². The van der Waals surface area contributed by atoms with Gasteiger partial charge >= 0.3 is 0 Å². The van der Waals surface area contributed by atoms with Crippen LogP contribution in [-0.2, 0) is 0 Å². The van der Waals surface area contributed by atoms with Crippen LogP contribution in [0, 0.1) is 0 Å². The van der Waals surface area contributed by atoms with E-state index in [-0.39, 0.29) is 0 Å². The molecule has 0 spiro atoms. The molecule has 2 aromatic heterocycles. The Bertz CT molecular complexity index is 353. The van der Waals surface area contributed by atoms with Crippen LogP contribution in [0.25, 0.3) is 10.9 Å². The molecule has 2 nitrogen and oxygen atoms in total. The Hall–Kier alpha value is -0.830. The molecule has 0 unspecified atom stereocenters. The van der Waals surface area contributed by atoms with E-state index < -0.39 is 0 Å². The summed E-state index contributed by atoms with van der Waals surface area (Å²) in [6.45, 7) is 0. The van der Waals surface area contributed by atoms with Crippen LogP contribution in [0.5, 0.6) is 0 Å². The van der Waals surface area contributed by atoms with Crippen molar-refractivity contribution >= 4 is 27.1 Å². The highest BCUT2D eigenvalue weighted by molar-refractivity contribution is 9.08. The lowest BCUT2D eigenvalue weighted by atomic mass is 10.3. The van der Waals surface area contributed by atoms with Gasteiger partial charge in [-0.3, -0.25) is 8.58 Å². The number of hydrogen-bond donors (Lipinski definition) is 0. The minimum atomic E-state index is 1.10. The summed E-state index contributed by atoms with van der Waals surface area (Å²) in [5.41, 5.74) is 1.10. The fourth-order valence-corrected chi connectivity index (χ4v) is 1.36. The van der Waals surface area contributed by atoms with Gasteiger partial charge in [-0.25, -0.2) is 0 Å². The van der Waals surface area contributed by atoms with Crippen molar-refractivity contribution in [3.05, 3.63) is 30.7 Å². The van der Waals surface area contributed by atoms with Crippen LogP contribution in [-0.4, -0.2) is 8.58 Å². The number of rotatable bonds is 0.